The second-order valence-corrected chi connectivity index (χ2v) is 9.75. The van der Waals surface area contributed by atoms with Crippen LogP contribution in [0.5, 0.6) is 0 Å². The first-order chi connectivity index (χ1) is 7.45. The Kier molecular flexibility index (Phi) is 3.27. The molecule has 2 rings (SSSR count). The average Bonchev–Trinajstić information content (AvgIpc) is 2.55. The third kappa shape index (κ3) is 1.88. The van der Waals surface area contributed by atoms with E-state index in [0.29, 0.717) is 24.1 Å². The van der Waals surface area contributed by atoms with Gasteiger partial charge in [-0.2, -0.15) is 0 Å². The zero-order valence-electron chi connectivity index (χ0n) is 10.6. The number of hydrogen-bond acceptors (Lipinski definition) is 3. The number of aliphatic hydroxyl groups is 1. The molecule has 1 fully saturated rings. The molecule has 1 N–H and O–H groups in total. The van der Waals surface area contributed by atoms with Crippen molar-refractivity contribution in [2.45, 2.75) is 57.4 Å². The molecule has 1 heterocycles. The summed E-state index contributed by atoms with van der Waals surface area (Å²) >= 11 is 0. The molecule has 0 aromatic carbocycles. The minimum atomic E-state index is -2.10. The summed E-state index contributed by atoms with van der Waals surface area (Å²) in [6.07, 6.45) is 2.38. The van der Waals surface area contributed by atoms with E-state index in [1.807, 2.05) is 6.08 Å². The Balaban J connectivity index is 2.18. The molecule has 1 saturated heterocycles. The van der Waals surface area contributed by atoms with Gasteiger partial charge in [-0.05, 0) is 16.7 Å². The Morgan fingerprint density at radius 1 is 1.31 bits per heavy atom. The summed E-state index contributed by atoms with van der Waals surface area (Å²) in [4.78, 5) is 0. The van der Waals surface area contributed by atoms with Crippen molar-refractivity contribution in [1.29, 1.82) is 0 Å². The van der Waals surface area contributed by atoms with Crippen molar-refractivity contribution < 1.29 is 14.0 Å². The maximum Gasteiger partial charge on any atom is 0.344 e. The molecule has 4 heteroatoms. The second kappa shape index (κ2) is 4.26. The highest BCUT2D eigenvalue weighted by Gasteiger charge is 2.51. The van der Waals surface area contributed by atoms with Crippen molar-refractivity contribution in [3.63, 3.8) is 0 Å². The molecule has 92 valence electrons. The first-order valence-electron chi connectivity index (χ1n) is 6.16. The molecule has 0 bridgehead atoms. The normalized spacial score (nSPS) is 33.1. The summed E-state index contributed by atoms with van der Waals surface area (Å²) < 4.78 is 12.4. The lowest BCUT2D eigenvalue weighted by Gasteiger charge is -2.44. The Bertz CT molecular complexity index is 291. The van der Waals surface area contributed by atoms with Gasteiger partial charge < -0.3 is 14.0 Å². The molecule has 0 radical (unpaired) electrons. The van der Waals surface area contributed by atoms with Crippen LogP contribution in [0.1, 0.15) is 34.1 Å². The van der Waals surface area contributed by atoms with Gasteiger partial charge in [0.05, 0.1) is 18.8 Å². The van der Waals surface area contributed by atoms with Gasteiger partial charge in [0, 0.05) is 6.42 Å². The highest BCUT2D eigenvalue weighted by atomic mass is 28.4. The molecule has 0 aromatic rings. The standard InChI is InChI=1S/C12H22O3Si/c1-8(2)16(9(3)4)14-7-10-5-11(13)6-12(10)15-16/h5,8-9,11-13H,6-7H2,1-4H3/t11-,12-/m1/s1. The van der Waals surface area contributed by atoms with Gasteiger partial charge in [-0.15, -0.1) is 0 Å². The molecule has 2 atom stereocenters. The third-order valence-electron chi connectivity index (χ3n) is 3.68. The van der Waals surface area contributed by atoms with E-state index < -0.39 is 8.56 Å². The van der Waals surface area contributed by atoms with E-state index in [-0.39, 0.29) is 12.2 Å². The van der Waals surface area contributed by atoms with Crippen molar-refractivity contribution in [3.8, 4) is 0 Å². The molecule has 2 aliphatic rings. The van der Waals surface area contributed by atoms with Gasteiger partial charge in [-0.1, -0.05) is 33.8 Å². The number of rotatable bonds is 2. The second-order valence-electron chi connectivity index (χ2n) is 5.47. The van der Waals surface area contributed by atoms with Crippen LogP contribution in [0.25, 0.3) is 0 Å². The summed E-state index contributed by atoms with van der Waals surface area (Å²) in [6.45, 7) is 9.40. The van der Waals surface area contributed by atoms with Crippen molar-refractivity contribution in [1.82, 2.24) is 0 Å². The van der Waals surface area contributed by atoms with Gasteiger partial charge in [-0.3, -0.25) is 0 Å². The molecule has 0 saturated carbocycles. The smallest absolute Gasteiger partial charge is 0.344 e. The molecule has 1 aliphatic heterocycles. The van der Waals surface area contributed by atoms with Gasteiger partial charge in [0.15, 0.2) is 0 Å². The fourth-order valence-electron chi connectivity index (χ4n) is 2.78. The minimum absolute atomic E-state index is 0.111. The lowest BCUT2D eigenvalue weighted by molar-refractivity contribution is 0.0697. The summed E-state index contributed by atoms with van der Waals surface area (Å²) in [6, 6.07) is 0. The predicted octanol–water partition coefficient (Wildman–Crippen LogP) is 2.36. The van der Waals surface area contributed by atoms with Crippen LogP contribution in [0.3, 0.4) is 0 Å². The highest BCUT2D eigenvalue weighted by molar-refractivity contribution is 6.70. The molecule has 0 spiro atoms. The van der Waals surface area contributed by atoms with Crippen molar-refractivity contribution >= 4 is 8.56 Å². The maximum absolute atomic E-state index is 9.61. The molecule has 0 amide bonds. The van der Waals surface area contributed by atoms with Crippen LogP contribution in [-0.4, -0.2) is 32.5 Å². The van der Waals surface area contributed by atoms with Crippen molar-refractivity contribution in [3.05, 3.63) is 11.6 Å². The molecule has 0 aromatic heterocycles. The van der Waals surface area contributed by atoms with Crippen LogP contribution in [0.15, 0.2) is 11.6 Å². The van der Waals surface area contributed by atoms with E-state index in [9.17, 15) is 5.11 Å². The van der Waals surface area contributed by atoms with E-state index in [2.05, 4.69) is 27.7 Å². The summed E-state index contributed by atoms with van der Waals surface area (Å²) in [5, 5.41) is 9.61. The summed E-state index contributed by atoms with van der Waals surface area (Å²) in [5.74, 6) is 0. The molecular formula is C12H22O3Si. The van der Waals surface area contributed by atoms with E-state index >= 15 is 0 Å². The number of hydrogen-bond donors (Lipinski definition) is 1. The van der Waals surface area contributed by atoms with E-state index in [1.54, 1.807) is 0 Å². The molecule has 1 aliphatic carbocycles. The monoisotopic (exact) mass is 242 g/mol. The van der Waals surface area contributed by atoms with Crippen LogP contribution in [0, 0.1) is 0 Å². The maximum atomic E-state index is 9.61. The first kappa shape index (κ1) is 12.3. The average molecular weight is 242 g/mol. The van der Waals surface area contributed by atoms with Crippen molar-refractivity contribution in [2.75, 3.05) is 6.61 Å². The Hall–Kier alpha value is -0.163. The van der Waals surface area contributed by atoms with Gasteiger partial charge in [-0.25, -0.2) is 0 Å². The van der Waals surface area contributed by atoms with E-state index in [4.69, 9.17) is 8.85 Å². The SMILES string of the molecule is CC(C)[Si]1(C(C)C)OCC2=C[C@@H](O)C[C@H]2O1. The van der Waals surface area contributed by atoms with Crippen LogP contribution >= 0.6 is 0 Å². The van der Waals surface area contributed by atoms with Crippen LogP contribution in [-0.2, 0) is 8.85 Å². The summed E-state index contributed by atoms with van der Waals surface area (Å²) in [5.41, 5.74) is 2.04. The lowest BCUT2D eigenvalue weighted by Crippen LogP contribution is -2.54. The van der Waals surface area contributed by atoms with Crippen LogP contribution in [0.4, 0.5) is 0 Å². The zero-order chi connectivity index (χ0) is 11.9. The molecule has 0 unspecified atom stereocenters. The minimum Gasteiger partial charge on any atom is -0.390 e. The molecule has 3 nitrogen and oxygen atoms in total. The summed E-state index contributed by atoms with van der Waals surface area (Å²) in [7, 11) is -2.10. The first-order valence-corrected chi connectivity index (χ1v) is 8.13. The fourth-order valence-corrected chi connectivity index (χ4v) is 6.48. The lowest BCUT2D eigenvalue weighted by atomic mass is 10.2. The third-order valence-corrected chi connectivity index (χ3v) is 8.14. The zero-order valence-corrected chi connectivity index (χ0v) is 11.6. The fraction of sp³-hybridized carbons (Fsp3) is 0.833. The van der Waals surface area contributed by atoms with Gasteiger partial charge in [0.25, 0.3) is 0 Å². The molecule has 16 heavy (non-hydrogen) atoms. The predicted molar refractivity (Wildman–Crippen MR) is 65.5 cm³/mol. The highest BCUT2D eigenvalue weighted by Crippen LogP contribution is 2.42. The Morgan fingerprint density at radius 3 is 2.50 bits per heavy atom. The van der Waals surface area contributed by atoms with Gasteiger partial charge in [0.1, 0.15) is 0 Å². The quantitative estimate of drug-likeness (QED) is 0.597. The van der Waals surface area contributed by atoms with Gasteiger partial charge >= 0.3 is 8.56 Å². The van der Waals surface area contributed by atoms with Crippen molar-refractivity contribution in [2.24, 2.45) is 0 Å². The Morgan fingerprint density at radius 2 is 1.94 bits per heavy atom. The van der Waals surface area contributed by atoms with Crippen LogP contribution in [0.2, 0.25) is 11.1 Å². The van der Waals surface area contributed by atoms with E-state index in [0.717, 1.165) is 5.57 Å². The van der Waals surface area contributed by atoms with Crippen LogP contribution < -0.4 is 0 Å². The van der Waals surface area contributed by atoms with Gasteiger partial charge in [0.2, 0.25) is 0 Å². The Labute approximate surface area is 98.7 Å². The largest absolute Gasteiger partial charge is 0.390 e. The number of aliphatic hydroxyl groups excluding tert-OH is 1. The molecular weight excluding hydrogens is 220 g/mol. The van der Waals surface area contributed by atoms with E-state index in [1.165, 1.54) is 0 Å². The number of fused-ring (bicyclic) bond motifs is 1. The topological polar surface area (TPSA) is 38.7 Å².